The monoisotopic (exact) mass is 404 g/mol. The number of nitrogens with zero attached hydrogens (tertiary/aromatic N) is 2. The summed E-state index contributed by atoms with van der Waals surface area (Å²) in [7, 11) is -3.62. The van der Waals surface area contributed by atoms with Crippen molar-refractivity contribution in [3.05, 3.63) is 60.2 Å². The summed E-state index contributed by atoms with van der Waals surface area (Å²) in [5.74, 6) is -0.0416. The van der Waals surface area contributed by atoms with Crippen LogP contribution in [0.5, 0.6) is 0 Å². The number of amides is 1. The maximum atomic E-state index is 12.2. The van der Waals surface area contributed by atoms with Crippen molar-refractivity contribution < 1.29 is 13.2 Å². The van der Waals surface area contributed by atoms with Gasteiger partial charge in [-0.05, 0) is 5.56 Å². The molecular formula is C20H28N4O3S. The Labute approximate surface area is 166 Å². The third-order valence-electron chi connectivity index (χ3n) is 5.09. The van der Waals surface area contributed by atoms with Crippen LogP contribution in [0.4, 0.5) is 0 Å². The smallest absolute Gasteiger partial charge is 0.221 e. The van der Waals surface area contributed by atoms with E-state index in [-0.39, 0.29) is 11.9 Å². The molecule has 2 aliphatic rings. The van der Waals surface area contributed by atoms with E-state index in [0.29, 0.717) is 6.42 Å². The number of piperazine rings is 1. The van der Waals surface area contributed by atoms with E-state index in [2.05, 4.69) is 39.4 Å². The molecule has 1 heterocycles. The molecule has 1 aromatic rings. The molecule has 0 spiro atoms. The van der Waals surface area contributed by atoms with E-state index < -0.39 is 15.3 Å². The van der Waals surface area contributed by atoms with Gasteiger partial charge in [-0.1, -0.05) is 54.6 Å². The second-order valence-corrected chi connectivity index (χ2v) is 8.99. The Hall–Kier alpha value is -2.00. The molecule has 0 atom stereocenters. The highest BCUT2D eigenvalue weighted by atomic mass is 32.2. The molecule has 8 heteroatoms. The molecule has 1 amide bonds. The van der Waals surface area contributed by atoms with Crippen molar-refractivity contribution in [3.63, 3.8) is 0 Å². The molecule has 152 valence electrons. The number of rotatable bonds is 7. The fourth-order valence-corrected chi connectivity index (χ4v) is 4.05. The largest absolute Gasteiger partial charge is 0.346 e. The lowest BCUT2D eigenvalue weighted by Gasteiger charge is -2.34. The molecule has 0 bridgehead atoms. The Balaban J connectivity index is 1.34. The van der Waals surface area contributed by atoms with E-state index >= 15 is 0 Å². The second-order valence-electron chi connectivity index (χ2n) is 7.27. The first-order valence-corrected chi connectivity index (χ1v) is 11.2. The normalized spacial score (nSPS) is 23.6. The highest BCUT2D eigenvalue weighted by Gasteiger charge is 2.21. The number of hydrogen-bond donors (Lipinski definition) is 2. The molecule has 1 aromatic carbocycles. The van der Waals surface area contributed by atoms with Crippen LogP contribution in [0.25, 0.3) is 0 Å². The average molecular weight is 405 g/mol. The van der Waals surface area contributed by atoms with Crippen molar-refractivity contribution in [1.29, 1.82) is 0 Å². The lowest BCUT2D eigenvalue weighted by Crippen LogP contribution is -2.47. The minimum Gasteiger partial charge on any atom is -0.346 e. The zero-order chi connectivity index (χ0) is 20.0. The van der Waals surface area contributed by atoms with Crippen LogP contribution in [0.2, 0.25) is 0 Å². The topological polar surface area (TPSA) is 95.7 Å². The number of primary sulfonamides is 1. The van der Waals surface area contributed by atoms with E-state index in [1.165, 1.54) is 17.7 Å². The van der Waals surface area contributed by atoms with Crippen molar-refractivity contribution in [2.45, 2.75) is 24.3 Å². The van der Waals surface area contributed by atoms with E-state index in [4.69, 9.17) is 5.14 Å². The first-order chi connectivity index (χ1) is 13.4. The van der Waals surface area contributed by atoms with E-state index in [0.717, 1.165) is 39.3 Å². The van der Waals surface area contributed by atoms with Gasteiger partial charge in [-0.15, -0.1) is 0 Å². The molecule has 1 aliphatic heterocycles. The molecule has 1 aliphatic carbocycles. The van der Waals surface area contributed by atoms with Crippen molar-refractivity contribution in [2.75, 3.05) is 32.7 Å². The van der Waals surface area contributed by atoms with E-state index in [1.807, 2.05) is 6.07 Å². The maximum Gasteiger partial charge on any atom is 0.221 e. The van der Waals surface area contributed by atoms with Crippen LogP contribution >= 0.6 is 0 Å². The number of sulfonamides is 1. The summed E-state index contributed by atoms with van der Waals surface area (Å²) in [6, 6.07) is 10.2. The summed E-state index contributed by atoms with van der Waals surface area (Å²) < 4.78 is 22.6. The zero-order valence-electron chi connectivity index (χ0n) is 15.9. The van der Waals surface area contributed by atoms with Crippen LogP contribution in [-0.2, 0) is 21.4 Å². The quantitative estimate of drug-likeness (QED) is 0.644. The molecule has 28 heavy (non-hydrogen) atoms. The van der Waals surface area contributed by atoms with Crippen molar-refractivity contribution in [3.8, 4) is 0 Å². The van der Waals surface area contributed by atoms with E-state index in [1.54, 1.807) is 12.2 Å². The predicted molar refractivity (Wildman–Crippen MR) is 110 cm³/mol. The lowest BCUT2D eigenvalue weighted by atomic mass is 10.1. The standard InChI is InChI=1S/C20H28N4O3S/c21-28(26,27)19-8-6-18(7-9-19)22-20(25)10-11-23-12-14-24(15-13-23)16-17-4-2-1-3-5-17/h1-9,18-19H,10-16H2,(H,22,25)(H2,21,26,27). The molecule has 0 radical (unpaired) electrons. The number of hydrogen-bond acceptors (Lipinski definition) is 5. The summed E-state index contributed by atoms with van der Waals surface area (Å²) in [5.41, 5.74) is 1.33. The average Bonchev–Trinajstić information content (AvgIpc) is 2.68. The Morgan fingerprint density at radius 1 is 1.00 bits per heavy atom. The fraction of sp³-hybridized carbons (Fsp3) is 0.450. The molecule has 0 saturated carbocycles. The van der Waals surface area contributed by atoms with Gasteiger partial charge in [-0.25, -0.2) is 13.6 Å². The summed E-state index contributed by atoms with van der Waals surface area (Å²) in [4.78, 5) is 16.9. The van der Waals surface area contributed by atoms with E-state index in [9.17, 15) is 13.2 Å². The molecule has 1 fully saturated rings. The SMILES string of the molecule is NS(=O)(=O)C1C=CC(NC(=O)CCN2CCN(Cc3ccccc3)CC2)C=C1. The highest BCUT2D eigenvalue weighted by molar-refractivity contribution is 7.90. The van der Waals surface area contributed by atoms with Crippen molar-refractivity contribution in [1.82, 2.24) is 15.1 Å². The van der Waals surface area contributed by atoms with Gasteiger partial charge < -0.3 is 10.2 Å². The van der Waals surface area contributed by atoms with Gasteiger partial charge in [0.15, 0.2) is 0 Å². The van der Waals surface area contributed by atoms with Gasteiger partial charge in [0.2, 0.25) is 15.9 Å². The van der Waals surface area contributed by atoms with Gasteiger partial charge in [0.25, 0.3) is 0 Å². The number of nitrogens with one attached hydrogen (secondary N) is 1. The maximum absolute atomic E-state index is 12.2. The minimum atomic E-state index is -3.62. The molecular weight excluding hydrogens is 376 g/mol. The third-order valence-corrected chi connectivity index (χ3v) is 6.17. The van der Waals surface area contributed by atoms with Crippen LogP contribution in [0, 0.1) is 0 Å². The van der Waals surface area contributed by atoms with Crippen LogP contribution in [0.15, 0.2) is 54.6 Å². The Morgan fingerprint density at radius 3 is 2.21 bits per heavy atom. The van der Waals surface area contributed by atoms with Crippen LogP contribution < -0.4 is 10.5 Å². The van der Waals surface area contributed by atoms with Crippen molar-refractivity contribution in [2.24, 2.45) is 5.14 Å². The number of carbonyl (C=O) groups is 1. The zero-order valence-corrected chi connectivity index (χ0v) is 16.7. The minimum absolute atomic E-state index is 0.0416. The summed E-state index contributed by atoms with van der Waals surface area (Å²) >= 11 is 0. The Bertz CT molecular complexity index is 801. The van der Waals surface area contributed by atoms with Gasteiger partial charge in [-0.2, -0.15) is 0 Å². The number of nitrogens with two attached hydrogens (primary N) is 1. The Kier molecular flexibility index (Phi) is 7.01. The molecule has 1 saturated heterocycles. The Morgan fingerprint density at radius 2 is 1.61 bits per heavy atom. The number of carbonyl (C=O) groups excluding carboxylic acids is 1. The van der Waals surface area contributed by atoms with Gasteiger partial charge in [0.05, 0.1) is 6.04 Å². The van der Waals surface area contributed by atoms with Crippen LogP contribution in [0.1, 0.15) is 12.0 Å². The van der Waals surface area contributed by atoms with Gasteiger partial charge in [0.1, 0.15) is 5.25 Å². The molecule has 0 unspecified atom stereocenters. The van der Waals surface area contributed by atoms with Gasteiger partial charge in [0, 0.05) is 45.7 Å². The van der Waals surface area contributed by atoms with Gasteiger partial charge >= 0.3 is 0 Å². The first kappa shape index (κ1) is 20.7. The van der Waals surface area contributed by atoms with Crippen molar-refractivity contribution >= 4 is 15.9 Å². The molecule has 0 aromatic heterocycles. The molecule has 3 rings (SSSR count). The molecule has 7 nitrogen and oxygen atoms in total. The summed E-state index contributed by atoms with van der Waals surface area (Å²) in [5, 5.41) is 7.19. The second kappa shape index (κ2) is 9.47. The highest BCUT2D eigenvalue weighted by Crippen LogP contribution is 2.10. The van der Waals surface area contributed by atoms with Crippen LogP contribution in [0.3, 0.4) is 0 Å². The third kappa shape index (κ3) is 6.27. The summed E-state index contributed by atoms with van der Waals surface area (Å²) in [6.07, 6.45) is 6.76. The molecule has 3 N–H and O–H groups in total. The first-order valence-electron chi connectivity index (χ1n) is 9.56. The summed E-state index contributed by atoms with van der Waals surface area (Å²) in [6.45, 7) is 5.61. The van der Waals surface area contributed by atoms with Crippen LogP contribution in [-0.4, -0.2) is 68.1 Å². The number of benzene rings is 1. The lowest BCUT2D eigenvalue weighted by molar-refractivity contribution is -0.121. The predicted octanol–water partition coefficient (Wildman–Crippen LogP) is 0.462. The van der Waals surface area contributed by atoms with Gasteiger partial charge in [-0.3, -0.25) is 9.69 Å². The fourth-order valence-electron chi connectivity index (χ4n) is 3.43.